The SMILES string of the molecule is O=C(Cc1cccc([N+](=O)[O-])c1)NCCOc1ncccc1Cl. The highest BCUT2D eigenvalue weighted by Gasteiger charge is 2.09. The van der Waals surface area contributed by atoms with Gasteiger partial charge in [-0.1, -0.05) is 23.7 Å². The van der Waals surface area contributed by atoms with E-state index in [0.717, 1.165) is 0 Å². The maximum absolute atomic E-state index is 11.8. The summed E-state index contributed by atoms with van der Waals surface area (Å²) in [5, 5.41) is 13.7. The summed E-state index contributed by atoms with van der Waals surface area (Å²) in [4.78, 5) is 25.9. The number of carbonyl (C=O) groups is 1. The van der Waals surface area contributed by atoms with Crippen LogP contribution in [0.5, 0.6) is 5.88 Å². The number of aromatic nitrogens is 1. The lowest BCUT2D eigenvalue weighted by molar-refractivity contribution is -0.384. The highest BCUT2D eigenvalue weighted by Crippen LogP contribution is 2.19. The van der Waals surface area contributed by atoms with E-state index in [0.29, 0.717) is 16.5 Å². The second-order valence-corrected chi connectivity index (χ2v) is 5.00. The molecule has 1 amide bonds. The molecule has 1 heterocycles. The summed E-state index contributed by atoms with van der Waals surface area (Å²) in [6, 6.07) is 9.32. The number of pyridine rings is 1. The molecule has 0 atom stereocenters. The molecule has 0 aliphatic heterocycles. The Labute approximate surface area is 137 Å². The fourth-order valence-corrected chi connectivity index (χ4v) is 2.02. The summed E-state index contributed by atoms with van der Waals surface area (Å²) in [5.41, 5.74) is 0.536. The molecule has 0 fully saturated rings. The van der Waals surface area contributed by atoms with Crippen molar-refractivity contribution in [1.82, 2.24) is 10.3 Å². The summed E-state index contributed by atoms with van der Waals surface area (Å²) >= 11 is 5.88. The van der Waals surface area contributed by atoms with Crippen LogP contribution in [0.4, 0.5) is 5.69 Å². The van der Waals surface area contributed by atoms with Crippen LogP contribution < -0.4 is 10.1 Å². The number of ether oxygens (including phenoxy) is 1. The second-order valence-electron chi connectivity index (χ2n) is 4.59. The first kappa shape index (κ1) is 16.7. The Morgan fingerprint density at radius 3 is 2.91 bits per heavy atom. The molecule has 2 aromatic rings. The third-order valence-corrected chi connectivity index (χ3v) is 3.16. The average molecular weight is 336 g/mol. The maximum Gasteiger partial charge on any atom is 0.269 e. The number of non-ortho nitro benzene ring substituents is 1. The molecule has 0 aliphatic carbocycles. The lowest BCUT2D eigenvalue weighted by atomic mass is 10.1. The number of hydrogen-bond donors (Lipinski definition) is 1. The van der Waals surface area contributed by atoms with Crippen molar-refractivity contribution in [2.75, 3.05) is 13.2 Å². The first-order valence-electron chi connectivity index (χ1n) is 6.79. The molecule has 1 N–H and O–H groups in total. The van der Waals surface area contributed by atoms with Gasteiger partial charge in [0, 0.05) is 18.3 Å². The van der Waals surface area contributed by atoms with E-state index < -0.39 is 4.92 Å². The fraction of sp³-hybridized carbons (Fsp3) is 0.200. The van der Waals surface area contributed by atoms with E-state index in [1.807, 2.05) is 0 Å². The Morgan fingerprint density at radius 2 is 2.17 bits per heavy atom. The van der Waals surface area contributed by atoms with E-state index in [2.05, 4.69) is 10.3 Å². The van der Waals surface area contributed by atoms with E-state index in [-0.39, 0.29) is 31.2 Å². The predicted octanol–water partition coefficient (Wildman–Crippen LogP) is 2.38. The van der Waals surface area contributed by atoms with E-state index in [1.165, 1.54) is 12.1 Å². The van der Waals surface area contributed by atoms with Crippen molar-refractivity contribution < 1.29 is 14.5 Å². The third kappa shape index (κ3) is 5.23. The molecular formula is C15H14ClN3O4. The van der Waals surface area contributed by atoms with Crippen LogP contribution in [-0.2, 0) is 11.2 Å². The summed E-state index contributed by atoms with van der Waals surface area (Å²) in [6.07, 6.45) is 1.62. The quantitative estimate of drug-likeness (QED) is 0.476. The van der Waals surface area contributed by atoms with Gasteiger partial charge in [-0.25, -0.2) is 4.98 Å². The van der Waals surface area contributed by atoms with Gasteiger partial charge in [0.1, 0.15) is 11.6 Å². The zero-order chi connectivity index (χ0) is 16.7. The Bertz CT molecular complexity index is 709. The maximum atomic E-state index is 11.8. The van der Waals surface area contributed by atoms with Crippen molar-refractivity contribution in [3.63, 3.8) is 0 Å². The molecule has 7 nitrogen and oxygen atoms in total. The van der Waals surface area contributed by atoms with Crippen molar-refractivity contribution in [3.05, 3.63) is 63.3 Å². The minimum absolute atomic E-state index is 0.0385. The molecule has 2 rings (SSSR count). The van der Waals surface area contributed by atoms with Gasteiger partial charge in [0.25, 0.3) is 5.69 Å². The zero-order valence-electron chi connectivity index (χ0n) is 12.1. The Kier molecular flexibility index (Phi) is 5.87. The van der Waals surface area contributed by atoms with Gasteiger partial charge < -0.3 is 10.1 Å². The van der Waals surface area contributed by atoms with Crippen LogP contribution in [0.1, 0.15) is 5.56 Å². The van der Waals surface area contributed by atoms with Crippen molar-refractivity contribution in [2.45, 2.75) is 6.42 Å². The fourth-order valence-electron chi connectivity index (χ4n) is 1.84. The molecule has 0 spiro atoms. The number of nitrogens with zero attached hydrogens (tertiary/aromatic N) is 2. The smallest absolute Gasteiger partial charge is 0.269 e. The molecule has 0 saturated carbocycles. The number of nitrogens with one attached hydrogen (secondary N) is 1. The van der Waals surface area contributed by atoms with E-state index in [4.69, 9.17) is 16.3 Å². The number of amides is 1. The number of halogens is 1. The standard InChI is InChI=1S/C15H14ClN3O4/c16-13-5-2-6-18-15(13)23-8-7-17-14(20)10-11-3-1-4-12(9-11)19(21)22/h1-6,9H,7-8,10H2,(H,17,20). The molecule has 0 unspecified atom stereocenters. The van der Waals surface area contributed by atoms with Gasteiger partial charge in [0.05, 0.1) is 17.9 Å². The van der Waals surface area contributed by atoms with Gasteiger partial charge in [0.2, 0.25) is 11.8 Å². The summed E-state index contributed by atoms with van der Waals surface area (Å²) in [7, 11) is 0. The number of nitro groups is 1. The lowest BCUT2D eigenvalue weighted by Gasteiger charge is -2.08. The van der Waals surface area contributed by atoms with Crippen molar-refractivity contribution in [3.8, 4) is 5.88 Å². The van der Waals surface area contributed by atoms with Crippen LogP contribution in [0.25, 0.3) is 0 Å². The summed E-state index contributed by atoms with van der Waals surface area (Å²) in [5.74, 6) is 0.0586. The Morgan fingerprint density at radius 1 is 1.35 bits per heavy atom. The van der Waals surface area contributed by atoms with Crippen molar-refractivity contribution in [2.24, 2.45) is 0 Å². The van der Waals surface area contributed by atoms with E-state index in [1.54, 1.807) is 30.5 Å². The largest absolute Gasteiger partial charge is 0.475 e. The molecule has 23 heavy (non-hydrogen) atoms. The summed E-state index contributed by atoms with van der Waals surface area (Å²) in [6.45, 7) is 0.498. The molecule has 120 valence electrons. The minimum atomic E-state index is -0.494. The number of nitro benzene ring substituents is 1. The number of hydrogen-bond acceptors (Lipinski definition) is 5. The van der Waals surface area contributed by atoms with E-state index in [9.17, 15) is 14.9 Å². The van der Waals surface area contributed by atoms with Gasteiger partial charge in [-0.2, -0.15) is 0 Å². The van der Waals surface area contributed by atoms with Crippen LogP contribution in [0.3, 0.4) is 0 Å². The number of benzene rings is 1. The molecule has 0 saturated heterocycles. The number of carbonyl (C=O) groups excluding carboxylic acids is 1. The van der Waals surface area contributed by atoms with Gasteiger partial charge >= 0.3 is 0 Å². The first-order valence-corrected chi connectivity index (χ1v) is 7.17. The van der Waals surface area contributed by atoms with E-state index >= 15 is 0 Å². The van der Waals surface area contributed by atoms with Crippen LogP contribution >= 0.6 is 11.6 Å². The molecule has 1 aromatic heterocycles. The second kappa shape index (κ2) is 8.09. The normalized spacial score (nSPS) is 10.1. The predicted molar refractivity (Wildman–Crippen MR) is 84.6 cm³/mol. The minimum Gasteiger partial charge on any atom is -0.475 e. The Balaban J connectivity index is 1.76. The van der Waals surface area contributed by atoms with Crippen molar-refractivity contribution >= 4 is 23.2 Å². The van der Waals surface area contributed by atoms with Crippen LogP contribution in [0.2, 0.25) is 5.02 Å². The highest BCUT2D eigenvalue weighted by atomic mass is 35.5. The zero-order valence-corrected chi connectivity index (χ0v) is 12.8. The molecule has 8 heteroatoms. The lowest BCUT2D eigenvalue weighted by Crippen LogP contribution is -2.29. The molecule has 0 aliphatic rings. The van der Waals surface area contributed by atoms with Gasteiger partial charge in [-0.15, -0.1) is 0 Å². The first-order chi connectivity index (χ1) is 11.1. The van der Waals surface area contributed by atoms with Crippen molar-refractivity contribution in [1.29, 1.82) is 0 Å². The van der Waals surface area contributed by atoms with Crippen LogP contribution in [-0.4, -0.2) is 29.0 Å². The van der Waals surface area contributed by atoms with Gasteiger partial charge in [-0.3, -0.25) is 14.9 Å². The molecule has 1 aromatic carbocycles. The summed E-state index contributed by atoms with van der Waals surface area (Å²) < 4.78 is 5.34. The van der Waals surface area contributed by atoms with Gasteiger partial charge in [0.15, 0.2) is 0 Å². The third-order valence-electron chi connectivity index (χ3n) is 2.87. The monoisotopic (exact) mass is 335 g/mol. The number of rotatable bonds is 7. The molecule has 0 bridgehead atoms. The van der Waals surface area contributed by atoms with Gasteiger partial charge in [-0.05, 0) is 17.7 Å². The molecular weight excluding hydrogens is 322 g/mol. The van der Waals surface area contributed by atoms with Crippen LogP contribution in [0.15, 0.2) is 42.6 Å². The Hall–Kier alpha value is -2.67. The average Bonchev–Trinajstić information content (AvgIpc) is 2.53. The highest BCUT2D eigenvalue weighted by molar-refractivity contribution is 6.31. The van der Waals surface area contributed by atoms with Crippen LogP contribution in [0, 0.1) is 10.1 Å². The molecule has 0 radical (unpaired) electrons. The topological polar surface area (TPSA) is 94.4 Å².